The number of aromatic nitrogens is 2. The van der Waals surface area contributed by atoms with Gasteiger partial charge in [0.05, 0.1) is 6.04 Å². The maximum absolute atomic E-state index is 9.97. The van der Waals surface area contributed by atoms with Crippen molar-refractivity contribution < 1.29 is 9.84 Å². The molecule has 5 nitrogen and oxygen atoms in total. The zero-order chi connectivity index (χ0) is 17.4. The van der Waals surface area contributed by atoms with Crippen LogP contribution in [0.2, 0.25) is 0 Å². The Balaban J connectivity index is 1.94. The summed E-state index contributed by atoms with van der Waals surface area (Å²) in [5.41, 5.74) is 0.919. The maximum Gasteiger partial charge on any atom is 0.140 e. The molecule has 0 aliphatic heterocycles. The summed E-state index contributed by atoms with van der Waals surface area (Å²) in [6.07, 6.45) is 8.48. The fourth-order valence-electron chi connectivity index (χ4n) is 1.91. The molecule has 1 heterocycles. The SMILES string of the molecule is C#CC(C)NCC(O)COc1ccccc1C=Cc1nnc(C)s1. The molecule has 2 unspecified atom stereocenters. The van der Waals surface area contributed by atoms with Gasteiger partial charge in [-0.3, -0.25) is 0 Å². The monoisotopic (exact) mass is 343 g/mol. The molecule has 0 aliphatic rings. The Bertz CT molecular complexity index is 721. The molecule has 0 spiro atoms. The minimum absolute atomic E-state index is 0.0785. The van der Waals surface area contributed by atoms with Gasteiger partial charge in [-0.2, -0.15) is 0 Å². The van der Waals surface area contributed by atoms with E-state index in [9.17, 15) is 5.11 Å². The average Bonchev–Trinajstić information content (AvgIpc) is 3.02. The zero-order valence-electron chi connectivity index (χ0n) is 13.8. The van der Waals surface area contributed by atoms with E-state index in [1.165, 1.54) is 11.3 Å². The molecule has 2 aromatic rings. The average molecular weight is 343 g/mol. The summed E-state index contributed by atoms with van der Waals surface area (Å²) < 4.78 is 5.73. The number of terminal acetylenes is 1. The predicted octanol–water partition coefficient (Wildman–Crippen LogP) is 2.37. The summed E-state index contributed by atoms with van der Waals surface area (Å²) in [5.74, 6) is 3.26. The van der Waals surface area contributed by atoms with Gasteiger partial charge in [-0.05, 0) is 32.1 Å². The van der Waals surface area contributed by atoms with E-state index >= 15 is 0 Å². The van der Waals surface area contributed by atoms with Gasteiger partial charge >= 0.3 is 0 Å². The molecule has 0 saturated carbocycles. The second-order valence-electron chi connectivity index (χ2n) is 5.29. The minimum Gasteiger partial charge on any atom is -0.490 e. The van der Waals surface area contributed by atoms with E-state index in [-0.39, 0.29) is 12.6 Å². The first-order valence-electron chi connectivity index (χ1n) is 7.66. The highest BCUT2D eigenvalue weighted by molar-refractivity contribution is 7.12. The van der Waals surface area contributed by atoms with Crippen molar-refractivity contribution in [3.63, 3.8) is 0 Å². The number of para-hydroxylation sites is 1. The summed E-state index contributed by atoms with van der Waals surface area (Å²) in [4.78, 5) is 0. The Labute approximate surface area is 146 Å². The lowest BCUT2D eigenvalue weighted by molar-refractivity contribution is 0.105. The predicted molar refractivity (Wildman–Crippen MR) is 97.8 cm³/mol. The maximum atomic E-state index is 9.97. The van der Waals surface area contributed by atoms with Crippen LogP contribution in [0.5, 0.6) is 5.75 Å². The van der Waals surface area contributed by atoms with Crippen LogP contribution in [0, 0.1) is 19.3 Å². The van der Waals surface area contributed by atoms with E-state index < -0.39 is 6.10 Å². The van der Waals surface area contributed by atoms with Crippen LogP contribution in [0.1, 0.15) is 22.5 Å². The lowest BCUT2D eigenvalue weighted by atomic mass is 10.2. The molecule has 0 amide bonds. The van der Waals surface area contributed by atoms with E-state index in [1.54, 1.807) is 0 Å². The number of aryl methyl sites for hydroxylation is 1. The van der Waals surface area contributed by atoms with Crippen LogP contribution in [-0.4, -0.2) is 40.6 Å². The molecule has 2 N–H and O–H groups in total. The van der Waals surface area contributed by atoms with Crippen LogP contribution < -0.4 is 10.1 Å². The van der Waals surface area contributed by atoms with Gasteiger partial charge in [0.15, 0.2) is 0 Å². The summed E-state index contributed by atoms with van der Waals surface area (Å²) in [7, 11) is 0. The van der Waals surface area contributed by atoms with Crippen molar-refractivity contribution in [3.8, 4) is 18.1 Å². The van der Waals surface area contributed by atoms with Crippen LogP contribution in [-0.2, 0) is 0 Å². The third-order valence-corrected chi connectivity index (χ3v) is 4.01. The summed E-state index contributed by atoms with van der Waals surface area (Å²) >= 11 is 1.53. The number of aliphatic hydroxyl groups is 1. The van der Waals surface area contributed by atoms with Gasteiger partial charge in [0.25, 0.3) is 0 Å². The molecule has 0 radical (unpaired) electrons. The van der Waals surface area contributed by atoms with Crippen molar-refractivity contribution >= 4 is 23.5 Å². The molecule has 6 heteroatoms. The van der Waals surface area contributed by atoms with Gasteiger partial charge in [0, 0.05) is 12.1 Å². The van der Waals surface area contributed by atoms with Gasteiger partial charge < -0.3 is 15.2 Å². The van der Waals surface area contributed by atoms with Crippen molar-refractivity contribution in [2.75, 3.05) is 13.2 Å². The summed E-state index contributed by atoms with van der Waals surface area (Å²) in [5, 5.41) is 22.8. The first kappa shape index (κ1) is 18.1. The fourth-order valence-corrected chi connectivity index (χ4v) is 2.51. The van der Waals surface area contributed by atoms with Gasteiger partial charge in [-0.15, -0.1) is 16.6 Å². The van der Waals surface area contributed by atoms with E-state index in [2.05, 4.69) is 21.4 Å². The Morgan fingerprint density at radius 3 is 2.88 bits per heavy atom. The Morgan fingerprint density at radius 2 is 2.17 bits per heavy atom. The van der Waals surface area contributed by atoms with Crippen molar-refractivity contribution in [3.05, 3.63) is 39.8 Å². The molecule has 2 atom stereocenters. The van der Waals surface area contributed by atoms with Crippen molar-refractivity contribution in [1.82, 2.24) is 15.5 Å². The van der Waals surface area contributed by atoms with E-state index in [0.717, 1.165) is 15.6 Å². The minimum atomic E-state index is -0.636. The highest BCUT2D eigenvalue weighted by atomic mass is 32.1. The molecule has 0 fully saturated rings. The number of hydrogen-bond acceptors (Lipinski definition) is 6. The fraction of sp³-hybridized carbons (Fsp3) is 0.333. The zero-order valence-corrected chi connectivity index (χ0v) is 14.6. The first-order chi connectivity index (χ1) is 11.6. The standard InChI is InChI=1S/C18H21N3O2S/c1-4-13(2)19-11-16(22)12-23-17-8-6-5-7-15(17)9-10-18-21-20-14(3)24-18/h1,5-10,13,16,19,22H,11-12H2,2-3H3. The van der Waals surface area contributed by atoms with Crippen LogP contribution in [0.25, 0.3) is 12.2 Å². The van der Waals surface area contributed by atoms with E-state index in [4.69, 9.17) is 11.2 Å². The van der Waals surface area contributed by atoms with Crippen LogP contribution in [0.15, 0.2) is 24.3 Å². The number of nitrogens with one attached hydrogen (secondary N) is 1. The summed E-state index contributed by atoms with van der Waals surface area (Å²) in [6, 6.07) is 7.57. The van der Waals surface area contributed by atoms with Crippen LogP contribution in [0.3, 0.4) is 0 Å². The third kappa shape index (κ3) is 5.78. The second-order valence-corrected chi connectivity index (χ2v) is 6.51. The lowest BCUT2D eigenvalue weighted by Crippen LogP contribution is -2.35. The molecular formula is C18H21N3O2S. The lowest BCUT2D eigenvalue weighted by Gasteiger charge is -2.15. The molecule has 0 bridgehead atoms. The molecule has 2 rings (SSSR count). The largest absolute Gasteiger partial charge is 0.490 e. The van der Waals surface area contributed by atoms with Crippen LogP contribution in [0.4, 0.5) is 0 Å². The number of nitrogens with zero attached hydrogens (tertiary/aromatic N) is 2. The van der Waals surface area contributed by atoms with Crippen LogP contribution >= 0.6 is 11.3 Å². The molecule has 0 aliphatic carbocycles. The van der Waals surface area contributed by atoms with Gasteiger partial charge in [0.1, 0.15) is 28.5 Å². The van der Waals surface area contributed by atoms with Gasteiger partial charge in [0.2, 0.25) is 0 Å². The first-order valence-corrected chi connectivity index (χ1v) is 8.47. The molecule has 1 aromatic heterocycles. The molecular weight excluding hydrogens is 322 g/mol. The number of rotatable bonds is 8. The molecule has 1 aromatic carbocycles. The number of ether oxygens (including phenoxy) is 1. The molecule has 126 valence electrons. The topological polar surface area (TPSA) is 67.3 Å². The third-order valence-electron chi connectivity index (χ3n) is 3.21. The Morgan fingerprint density at radius 1 is 1.38 bits per heavy atom. The number of benzene rings is 1. The van der Waals surface area contributed by atoms with E-state index in [1.807, 2.05) is 50.3 Å². The van der Waals surface area contributed by atoms with Crippen molar-refractivity contribution in [1.29, 1.82) is 0 Å². The second kappa shape index (κ2) is 9.18. The smallest absolute Gasteiger partial charge is 0.140 e. The Hall–Kier alpha value is -2.20. The number of hydrogen-bond donors (Lipinski definition) is 2. The van der Waals surface area contributed by atoms with E-state index in [0.29, 0.717) is 12.3 Å². The quantitative estimate of drug-likeness (QED) is 0.720. The van der Waals surface area contributed by atoms with Crippen molar-refractivity contribution in [2.45, 2.75) is 26.0 Å². The highest BCUT2D eigenvalue weighted by Crippen LogP contribution is 2.21. The van der Waals surface area contributed by atoms with Gasteiger partial charge in [-0.25, -0.2) is 0 Å². The highest BCUT2D eigenvalue weighted by Gasteiger charge is 2.08. The number of aliphatic hydroxyl groups excluding tert-OH is 1. The normalized spacial score (nSPS) is 13.6. The molecule has 0 saturated heterocycles. The Kier molecular flexibility index (Phi) is 6.94. The molecule has 24 heavy (non-hydrogen) atoms. The van der Waals surface area contributed by atoms with Crippen molar-refractivity contribution in [2.24, 2.45) is 0 Å². The van der Waals surface area contributed by atoms with Gasteiger partial charge in [-0.1, -0.05) is 35.5 Å². The summed E-state index contributed by atoms with van der Waals surface area (Å²) in [6.45, 7) is 4.35.